The van der Waals surface area contributed by atoms with E-state index in [2.05, 4.69) is 10.6 Å². The summed E-state index contributed by atoms with van der Waals surface area (Å²) in [6.45, 7) is 4.92. The van der Waals surface area contributed by atoms with Crippen LogP contribution >= 0.6 is 0 Å². The van der Waals surface area contributed by atoms with Crippen molar-refractivity contribution in [2.24, 2.45) is 5.92 Å². The van der Waals surface area contributed by atoms with Crippen LogP contribution in [0.4, 0.5) is 5.69 Å². The van der Waals surface area contributed by atoms with Crippen LogP contribution in [0.5, 0.6) is 0 Å². The summed E-state index contributed by atoms with van der Waals surface area (Å²) in [4.78, 5) is 22.5. The van der Waals surface area contributed by atoms with Crippen molar-refractivity contribution in [1.82, 2.24) is 10.6 Å². The van der Waals surface area contributed by atoms with Crippen molar-refractivity contribution >= 4 is 11.6 Å². The molecule has 2 unspecified atom stereocenters. The highest BCUT2D eigenvalue weighted by atomic mass is 16.6. The summed E-state index contributed by atoms with van der Waals surface area (Å²) < 4.78 is 0. The zero-order valence-electron chi connectivity index (χ0n) is 11.7. The number of amides is 1. The highest BCUT2D eigenvalue weighted by molar-refractivity contribution is 5.82. The fourth-order valence-electron chi connectivity index (χ4n) is 2.54. The summed E-state index contributed by atoms with van der Waals surface area (Å²) in [5.74, 6) is 0.280. The van der Waals surface area contributed by atoms with E-state index in [-0.39, 0.29) is 17.6 Å². The summed E-state index contributed by atoms with van der Waals surface area (Å²) in [5, 5.41) is 16.9. The molecule has 1 aliphatic rings. The number of nitrogens with zero attached hydrogens (tertiary/aromatic N) is 1. The van der Waals surface area contributed by atoms with Gasteiger partial charge in [-0.05, 0) is 31.4 Å². The number of carbonyl (C=O) groups excluding carboxylic acids is 1. The molecule has 2 atom stereocenters. The van der Waals surface area contributed by atoms with Gasteiger partial charge in [0.05, 0.1) is 11.0 Å². The Morgan fingerprint density at radius 2 is 2.30 bits per heavy atom. The molecule has 1 aromatic carbocycles. The molecule has 1 amide bonds. The third kappa shape index (κ3) is 2.96. The number of nitrogens with one attached hydrogen (secondary N) is 2. The molecule has 0 aromatic heterocycles. The second-order valence-corrected chi connectivity index (χ2v) is 5.23. The smallest absolute Gasteiger partial charge is 0.272 e. The average Bonchev–Trinajstić information content (AvgIpc) is 2.83. The van der Waals surface area contributed by atoms with Gasteiger partial charge in [0.2, 0.25) is 5.91 Å². The van der Waals surface area contributed by atoms with Gasteiger partial charge < -0.3 is 10.6 Å². The minimum Gasteiger partial charge on any atom is -0.351 e. The Morgan fingerprint density at radius 1 is 1.55 bits per heavy atom. The van der Waals surface area contributed by atoms with E-state index >= 15 is 0 Å². The molecule has 108 valence electrons. The van der Waals surface area contributed by atoms with E-state index in [0.29, 0.717) is 18.0 Å². The third-order valence-corrected chi connectivity index (χ3v) is 3.88. The van der Waals surface area contributed by atoms with Crippen molar-refractivity contribution in [3.05, 3.63) is 39.4 Å². The lowest BCUT2D eigenvalue weighted by molar-refractivity contribution is -0.385. The van der Waals surface area contributed by atoms with E-state index in [1.54, 1.807) is 19.1 Å². The first kappa shape index (κ1) is 14.5. The van der Waals surface area contributed by atoms with Crippen molar-refractivity contribution in [2.75, 3.05) is 6.54 Å². The third-order valence-electron chi connectivity index (χ3n) is 3.88. The predicted octanol–water partition coefficient (Wildman–Crippen LogP) is 1.52. The number of rotatable bonds is 4. The minimum atomic E-state index is -0.402. The first-order chi connectivity index (χ1) is 9.50. The molecule has 1 aromatic rings. The van der Waals surface area contributed by atoms with Crippen LogP contribution in [-0.4, -0.2) is 23.4 Å². The molecule has 1 aliphatic heterocycles. The van der Waals surface area contributed by atoms with Gasteiger partial charge in [0.1, 0.15) is 0 Å². The first-order valence-electron chi connectivity index (χ1n) is 6.74. The van der Waals surface area contributed by atoms with Gasteiger partial charge in [0.25, 0.3) is 5.69 Å². The van der Waals surface area contributed by atoms with Gasteiger partial charge in [-0.3, -0.25) is 14.9 Å². The van der Waals surface area contributed by atoms with Crippen molar-refractivity contribution < 1.29 is 9.72 Å². The lowest BCUT2D eigenvalue weighted by Crippen LogP contribution is -2.43. The Hall–Kier alpha value is -1.95. The Kier molecular flexibility index (Phi) is 4.34. The Morgan fingerprint density at radius 3 is 2.90 bits per heavy atom. The minimum absolute atomic E-state index is 0.0408. The maximum Gasteiger partial charge on any atom is 0.272 e. The zero-order chi connectivity index (χ0) is 14.7. The molecule has 0 saturated carbocycles. The molecule has 1 saturated heterocycles. The van der Waals surface area contributed by atoms with E-state index in [9.17, 15) is 14.9 Å². The maximum atomic E-state index is 12.1. The van der Waals surface area contributed by atoms with Crippen molar-refractivity contribution in [3.8, 4) is 0 Å². The van der Waals surface area contributed by atoms with Gasteiger partial charge in [-0.1, -0.05) is 19.1 Å². The fourth-order valence-corrected chi connectivity index (χ4v) is 2.54. The monoisotopic (exact) mass is 277 g/mol. The van der Waals surface area contributed by atoms with Crippen molar-refractivity contribution in [2.45, 2.75) is 32.9 Å². The molecular weight excluding hydrogens is 258 g/mol. The quantitative estimate of drug-likeness (QED) is 0.645. The van der Waals surface area contributed by atoms with Crippen molar-refractivity contribution in [1.29, 1.82) is 0 Å². The first-order valence-corrected chi connectivity index (χ1v) is 6.74. The lowest BCUT2D eigenvalue weighted by Gasteiger charge is -2.16. The highest BCUT2D eigenvalue weighted by Crippen LogP contribution is 2.21. The van der Waals surface area contributed by atoms with E-state index in [0.717, 1.165) is 18.5 Å². The normalized spacial score (nSPS) is 21.7. The van der Waals surface area contributed by atoms with E-state index in [1.165, 1.54) is 6.07 Å². The van der Waals surface area contributed by atoms with Crippen LogP contribution in [0.3, 0.4) is 0 Å². The molecule has 20 heavy (non-hydrogen) atoms. The number of benzene rings is 1. The Bertz CT molecular complexity index is 530. The number of nitro benzene ring substituents is 1. The summed E-state index contributed by atoms with van der Waals surface area (Å²) in [5.41, 5.74) is 1.47. The summed E-state index contributed by atoms with van der Waals surface area (Å²) in [6, 6.07) is 4.76. The molecule has 2 N–H and O–H groups in total. The van der Waals surface area contributed by atoms with Gasteiger partial charge in [-0.2, -0.15) is 0 Å². The molecule has 2 rings (SSSR count). The summed E-state index contributed by atoms with van der Waals surface area (Å²) in [6.07, 6.45) is 0.994. The number of nitro groups is 1. The van der Waals surface area contributed by atoms with Gasteiger partial charge in [-0.25, -0.2) is 0 Å². The SMILES string of the molecule is Cc1c(CNC(=O)C2NCCC2C)cccc1[N+](=O)[O-]. The standard InChI is InChI=1S/C14H19N3O3/c1-9-6-7-15-13(9)14(18)16-8-11-4-3-5-12(10(11)2)17(19)20/h3-5,9,13,15H,6-8H2,1-2H3,(H,16,18). The number of hydrogen-bond donors (Lipinski definition) is 2. The lowest BCUT2D eigenvalue weighted by atomic mass is 10.0. The van der Waals surface area contributed by atoms with Gasteiger partial charge in [-0.15, -0.1) is 0 Å². The van der Waals surface area contributed by atoms with Crippen LogP contribution in [0.1, 0.15) is 24.5 Å². The van der Waals surface area contributed by atoms with Crippen LogP contribution in [-0.2, 0) is 11.3 Å². The second kappa shape index (κ2) is 6.00. The number of hydrogen-bond acceptors (Lipinski definition) is 4. The average molecular weight is 277 g/mol. The van der Waals surface area contributed by atoms with Crippen LogP contribution in [0.15, 0.2) is 18.2 Å². The van der Waals surface area contributed by atoms with E-state index in [4.69, 9.17) is 0 Å². The van der Waals surface area contributed by atoms with Crippen molar-refractivity contribution in [3.63, 3.8) is 0 Å². The topological polar surface area (TPSA) is 84.3 Å². The van der Waals surface area contributed by atoms with Gasteiger partial charge >= 0.3 is 0 Å². The Labute approximate surface area is 117 Å². The summed E-state index contributed by atoms with van der Waals surface area (Å²) in [7, 11) is 0. The highest BCUT2D eigenvalue weighted by Gasteiger charge is 2.29. The molecule has 0 aliphatic carbocycles. The summed E-state index contributed by atoms with van der Waals surface area (Å²) >= 11 is 0. The van der Waals surface area contributed by atoms with Crippen LogP contribution < -0.4 is 10.6 Å². The Balaban J connectivity index is 2.02. The molecule has 1 heterocycles. The van der Waals surface area contributed by atoms with E-state index < -0.39 is 4.92 Å². The molecular formula is C14H19N3O3. The zero-order valence-corrected chi connectivity index (χ0v) is 11.7. The van der Waals surface area contributed by atoms with E-state index in [1.807, 2.05) is 6.92 Å². The van der Waals surface area contributed by atoms with Crippen LogP contribution in [0.25, 0.3) is 0 Å². The van der Waals surface area contributed by atoms with Gasteiger partial charge in [0.15, 0.2) is 0 Å². The van der Waals surface area contributed by atoms with Crippen LogP contribution in [0, 0.1) is 23.0 Å². The number of carbonyl (C=O) groups is 1. The molecule has 0 radical (unpaired) electrons. The molecule has 1 fully saturated rings. The largest absolute Gasteiger partial charge is 0.351 e. The fraction of sp³-hybridized carbons (Fsp3) is 0.500. The molecule has 6 heteroatoms. The molecule has 0 bridgehead atoms. The molecule has 0 spiro atoms. The second-order valence-electron chi connectivity index (χ2n) is 5.23. The van der Waals surface area contributed by atoms with Gasteiger partial charge in [0, 0.05) is 18.2 Å². The molecule has 6 nitrogen and oxygen atoms in total. The van der Waals surface area contributed by atoms with Crippen LogP contribution in [0.2, 0.25) is 0 Å². The maximum absolute atomic E-state index is 12.1. The predicted molar refractivity (Wildman–Crippen MR) is 75.3 cm³/mol.